The lowest BCUT2D eigenvalue weighted by Gasteiger charge is -2.22. The lowest BCUT2D eigenvalue weighted by atomic mass is 10.0. The number of nitrogens with zero attached hydrogens (tertiary/aromatic N) is 3. The third-order valence-electron chi connectivity index (χ3n) is 3.18. The second-order valence-electron chi connectivity index (χ2n) is 4.41. The molecule has 1 aromatic carbocycles. The van der Waals surface area contributed by atoms with Crippen molar-refractivity contribution < 1.29 is 19.7 Å². The normalized spacial score (nSPS) is 16.6. The van der Waals surface area contributed by atoms with Gasteiger partial charge in [-0.15, -0.1) is 0 Å². The second-order valence-corrected chi connectivity index (χ2v) is 4.41. The third-order valence-corrected chi connectivity index (χ3v) is 3.18. The Kier molecular flexibility index (Phi) is 2.98. The fourth-order valence-electron chi connectivity index (χ4n) is 2.19. The van der Waals surface area contributed by atoms with Crippen LogP contribution in [0.25, 0.3) is 0 Å². The summed E-state index contributed by atoms with van der Waals surface area (Å²) in [4.78, 5) is 15.1. The van der Waals surface area contributed by atoms with Crippen molar-refractivity contribution >= 4 is 11.9 Å². The van der Waals surface area contributed by atoms with E-state index >= 15 is 0 Å². The third kappa shape index (κ3) is 2.16. The number of fused-ring (bicyclic) bond motifs is 1. The zero-order valence-electron chi connectivity index (χ0n) is 11.0. The van der Waals surface area contributed by atoms with Gasteiger partial charge in [0.1, 0.15) is 18.1 Å². The van der Waals surface area contributed by atoms with Gasteiger partial charge in [0.15, 0.2) is 11.5 Å². The minimum atomic E-state index is -1.09. The molecule has 0 bridgehead atoms. The van der Waals surface area contributed by atoms with E-state index in [1.54, 1.807) is 12.1 Å². The van der Waals surface area contributed by atoms with E-state index in [-0.39, 0.29) is 11.4 Å². The number of hydrogen-bond acceptors (Lipinski definition) is 6. The molecule has 0 radical (unpaired) electrons. The predicted molar refractivity (Wildman–Crippen MR) is 72.2 cm³/mol. The Balaban J connectivity index is 2.08. The van der Waals surface area contributed by atoms with E-state index in [0.29, 0.717) is 17.3 Å². The molecule has 2 aromatic rings. The van der Waals surface area contributed by atoms with Crippen LogP contribution in [0, 0.1) is 0 Å². The van der Waals surface area contributed by atoms with Gasteiger partial charge in [0.2, 0.25) is 5.95 Å². The number of nitrogens with one attached hydrogen (secondary N) is 1. The first-order chi connectivity index (χ1) is 10.1. The molecular weight excluding hydrogens is 276 g/mol. The zero-order valence-corrected chi connectivity index (χ0v) is 11.0. The molecule has 8 nitrogen and oxygen atoms in total. The van der Waals surface area contributed by atoms with E-state index in [1.165, 1.54) is 30.3 Å². The summed E-state index contributed by atoms with van der Waals surface area (Å²) < 4.78 is 6.53. The summed E-state index contributed by atoms with van der Waals surface area (Å²) in [6.07, 6.45) is 2.84. The quantitative estimate of drug-likeness (QED) is 0.772. The van der Waals surface area contributed by atoms with E-state index in [9.17, 15) is 9.90 Å². The van der Waals surface area contributed by atoms with Crippen molar-refractivity contribution in [2.24, 2.45) is 0 Å². The largest absolute Gasteiger partial charge is 0.504 e. The average Bonchev–Trinajstić information content (AvgIpc) is 2.94. The molecule has 3 rings (SSSR count). The second kappa shape index (κ2) is 4.82. The van der Waals surface area contributed by atoms with Crippen molar-refractivity contribution in [2.45, 2.75) is 6.04 Å². The molecule has 1 aliphatic rings. The molecule has 1 aliphatic heterocycles. The first kappa shape index (κ1) is 13.0. The number of phenols is 1. The van der Waals surface area contributed by atoms with Crippen LogP contribution in [0.4, 0.5) is 5.95 Å². The molecule has 108 valence electrons. The fourth-order valence-corrected chi connectivity index (χ4v) is 2.19. The van der Waals surface area contributed by atoms with Gasteiger partial charge in [-0.1, -0.05) is 6.07 Å². The number of anilines is 1. The van der Waals surface area contributed by atoms with Crippen LogP contribution in [-0.4, -0.2) is 38.1 Å². The number of aliphatic carboxylic acids is 1. The van der Waals surface area contributed by atoms with Crippen LogP contribution in [0.1, 0.15) is 11.6 Å². The van der Waals surface area contributed by atoms with Gasteiger partial charge in [-0.3, -0.25) is 0 Å². The number of aromatic nitrogens is 3. The van der Waals surface area contributed by atoms with Crippen molar-refractivity contribution in [1.29, 1.82) is 0 Å². The summed E-state index contributed by atoms with van der Waals surface area (Å²) in [6.45, 7) is 0. The maximum atomic E-state index is 11.2. The average molecular weight is 288 g/mol. The highest BCUT2D eigenvalue weighted by atomic mass is 16.5. The van der Waals surface area contributed by atoms with Gasteiger partial charge in [-0.25, -0.2) is 9.48 Å². The molecular formula is C13H12N4O4. The van der Waals surface area contributed by atoms with Crippen LogP contribution in [-0.2, 0) is 4.79 Å². The highest BCUT2D eigenvalue weighted by Gasteiger charge is 2.26. The molecule has 1 atom stereocenters. The zero-order chi connectivity index (χ0) is 15.0. The van der Waals surface area contributed by atoms with Gasteiger partial charge in [0, 0.05) is 0 Å². The molecule has 0 saturated heterocycles. The monoisotopic (exact) mass is 288 g/mol. The Morgan fingerprint density at radius 1 is 1.48 bits per heavy atom. The lowest BCUT2D eigenvalue weighted by molar-refractivity contribution is -0.132. The summed E-state index contributed by atoms with van der Waals surface area (Å²) in [5.41, 5.74) is 0.677. The van der Waals surface area contributed by atoms with Crippen LogP contribution in [0.2, 0.25) is 0 Å². The van der Waals surface area contributed by atoms with Gasteiger partial charge in [-0.05, 0) is 23.8 Å². The Bertz CT molecular complexity index is 738. The van der Waals surface area contributed by atoms with Gasteiger partial charge in [-0.2, -0.15) is 10.1 Å². The Hall–Kier alpha value is -3.03. The van der Waals surface area contributed by atoms with Crippen LogP contribution < -0.4 is 10.1 Å². The number of carboxylic acids is 1. The number of rotatable bonds is 3. The van der Waals surface area contributed by atoms with Gasteiger partial charge >= 0.3 is 5.97 Å². The molecule has 21 heavy (non-hydrogen) atoms. The molecule has 1 unspecified atom stereocenters. The number of carbonyl (C=O) groups is 1. The van der Waals surface area contributed by atoms with Crippen LogP contribution >= 0.6 is 0 Å². The fraction of sp³-hybridized carbons (Fsp3) is 0.154. The molecule has 3 N–H and O–H groups in total. The highest BCUT2D eigenvalue weighted by Crippen LogP contribution is 2.33. The van der Waals surface area contributed by atoms with E-state index < -0.39 is 12.0 Å². The molecule has 0 fully saturated rings. The standard InChI is InChI=1S/C13H12N4O4/c1-21-11-3-2-7(4-10(11)18)9-5-8(12(19)20)16-13-14-6-15-17(9)13/h2-6,9,18H,1H3,(H,19,20)(H,14,15,16). The van der Waals surface area contributed by atoms with E-state index in [1.807, 2.05) is 0 Å². The predicted octanol–water partition coefficient (Wildman–Crippen LogP) is 0.976. The van der Waals surface area contributed by atoms with Gasteiger partial charge in [0.25, 0.3) is 0 Å². The minimum Gasteiger partial charge on any atom is -0.504 e. The number of ether oxygens (including phenoxy) is 1. The molecule has 0 aliphatic carbocycles. The maximum absolute atomic E-state index is 11.2. The highest BCUT2D eigenvalue weighted by molar-refractivity contribution is 5.90. The van der Waals surface area contributed by atoms with Gasteiger partial charge < -0.3 is 20.3 Å². The maximum Gasteiger partial charge on any atom is 0.352 e. The Labute approximate surface area is 119 Å². The molecule has 8 heteroatoms. The van der Waals surface area contributed by atoms with E-state index in [2.05, 4.69) is 15.4 Å². The molecule has 2 heterocycles. The smallest absolute Gasteiger partial charge is 0.352 e. The number of carboxylic acid groups (broad SMARTS) is 1. The Morgan fingerprint density at radius 2 is 2.29 bits per heavy atom. The van der Waals surface area contributed by atoms with Crippen molar-refractivity contribution in [3.05, 3.63) is 41.9 Å². The molecule has 1 aromatic heterocycles. The topological polar surface area (TPSA) is 110 Å². The van der Waals surface area contributed by atoms with Crippen molar-refractivity contribution in [2.75, 3.05) is 12.4 Å². The first-order valence-electron chi connectivity index (χ1n) is 6.08. The van der Waals surface area contributed by atoms with Crippen molar-refractivity contribution in [3.63, 3.8) is 0 Å². The van der Waals surface area contributed by atoms with E-state index in [0.717, 1.165) is 0 Å². The number of methoxy groups -OCH3 is 1. The summed E-state index contributed by atoms with van der Waals surface area (Å²) in [7, 11) is 1.46. The molecule has 0 amide bonds. The van der Waals surface area contributed by atoms with Gasteiger partial charge in [0.05, 0.1) is 7.11 Å². The van der Waals surface area contributed by atoms with Crippen LogP contribution in [0.15, 0.2) is 36.3 Å². The molecule has 0 saturated carbocycles. The van der Waals surface area contributed by atoms with Crippen molar-refractivity contribution in [1.82, 2.24) is 14.8 Å². The molecule has 0 spiro atoms. The first-order valence-corrected chi connectivity index (χ1v) is 6.08. The number of allylic oxidation sites excluding steroid dienone is 1. The summed E-state index contributed by atoms with van der Waals surface area (Å²) in [5, 5.41) is 25.8. The number of phenolic OH excluding ortho intramolecular Hbond substituents is 1. The summed E-state index contributed by atoms with van der Waals surface area (Å²) >= 11 is 0. The van der Waals surface area contributed by atoms with Crippen LogP contribution in [0.3, 0.4) is 0 Å². The minimum absolute atomic E-state index is 0.0100. The summed E-state index contributed by atoms with van der Waals surface area (Å²) in [5.74, 6) is -0.448. The summed E-state index contributed by atoms with van der Waals surface area (Å²) in [6, 6.07) is 4.37. The number of aromatic hydroxyl groups is 1. The number of benzene rings is 1. The lowest BCUT2D eigenvalue weighted by Crippen LogP contribution is -2.24. The SMILES string of the molecule is COc1ccc(C2C=C(C(=O)O)Nc3ncnn32)cc1O. The van der Waals surface area contributed by atoms with Crippen LogP contribution in [0.5, 0.6) is 11.5 Å². The Morgan fingerprint density at radius 3 is 2.95 bits per heavy atom. The number of hydrogen-bond donors (Lipinski definition) is 3. The van der Waals surface area contributed by atoms with E-state index in [4.69, 9.17) is 9.84 Å². The van der Waals surface area contributed by atoms with Crippen molar-refractivity contribution in [3.8, 4) is 11.5 Å².